The van der Waals surface area contributed by atoms with Gasteiger partial charge < -0.3 is 5.11 Å². The van der Waals surface area contributed by atoms with E-state index in [1.165, 1.54) is 12.1 Å². The van der Waals surface area contributed by atoms with Crippen LogP contribution in [0.25, 0.3) is 0 Å². The number of carboxylic acid groups (broad SMARTS) is 1. The van der Waals surface area contributed by atoms with Crippen molar-refractivity contribution in [1.29, 1.82) is 0 Å². The van der Waals surface area contributed by atoms with Gasteiger partial charge in [0.1, 0.15) is 0 Å². The molecule has 0 unspecified atom stereocenters. The Balaban J connectivity index is 1.58. The predicted molar refractivity (Wildman–Crippen MR) is 84.6 cm³/mol. The van der Waals surface area contributed by atoms with Crippen LogP contribution >= 0.6 is 0 Å². The monoisotopic (exact) mass is 303 g/mol. The third-order valence-corrected chi connectivity index (χ3v) is 5.20. The first-order valence-electron chi connectivity index (χ1n) is 8.25. The Bertz CT molecular complexity index is 535. The van der Waals surface area contributed by atoms with E-state index >= 15 is 0 Å². The van der Waals surface area contributed by atoms with Crippen molar-refractivity contribution >= 4 is 5.97 Å². The first-order chi connectivity index (χ1) is 10.6. The smallest absolute Gasteiger partial charge is 0.309 e. The van der Waals surface area contributed by atoms with Gasteiger partial charge in [0.15, 0.2) is 0 Å². The van der Waals surface area contributed by atoms with E-state index in [4.69, 9.17) is 0 Å². The number of rotatable bonds is 6. The zero-order chi connectivity index (χ0) is 15.6. The number of aromatic nitrogens is 2. The molecule has 0 aliphatic carbocycles. The molecule has 120 valence electrons. The molecule has 0 radical (unpaired) electrons. The fraction of sp³-hybridized carbons (Fsp3) is 0.647. The van der Waals surface area contributed by atoms with Gasteiger partial charge in [-0.15, -0.1) is 6.58 Å². The van der Waals surface area contributed by atoms with Crippen molar-refractivity contribution in [2.75, 3.05) is 13.1 Å². The minimum absolute atomic E-state index is 0.555. The molecule has 0 amide bonds. The first-order valence-corrected chi connectivity index (χ1v) is 8.25. The summed E-state index contributed by atoms with van der Waals surface area (Å²) in [5.41, 5.74) is 1.92. The van der Waals surface area contributed by atoms with Gasteiger partial charge in [0.2, 0.25) is 0 Å². The summed E-state index contributed by atoms with van der Waals surface area (Å²) in [5.74, 6) is -0.644. The molecule has 1 N–H and O–H groups in total. The molecule has 0 saturated carbocycles. The van der Waals surface area contributed by atoms with Gasteiger partial charge in [-0.2, -0.15) is 5.10 Å². The van der Waals surface area contributed by atoms with Crippen LogP contribution in [0.4, 0.5) is 0 Å². The quantitative estimate of drug-likeness (QED) is 0.820. The lowest BCUT2D eigenvalue weighted by Gasteiger charge is -2.38. The highest BCUT2D eigenvalue weighted by Crippen LogP contribution is 2.37. The molecule has 22 heavy (non-hydrogen) atoms. The van der Waals surface area contributed by atoms with Gasteiger partial charge >= 0.3 is 5.97 Å². The number of hydrogen-bond donors (Lipinski definition) is 1. The third kappa shape index (κ3) is 2.95. The van der Waals surface area contributed by atoms with Gasteiger partial charge in [0.25, 0.3) is 0 Å². The molecule has 1 fully saturated rings. The summed E-state index contributed by atoms with van der Waals surface area (Å²) in [6.07, 6.45) is 7.10. The van der Waals surface area contributed by atoms with E-state index in [1.54, 1.807) is 0 Å². The second-order valence-electron chi connectivity index (χ2n) is 6.64. The van der Waals surface area contributed by atoms with E-state index in [0.717, 1.165) is 57.6 Å². The second kappa shape index (κ2) is 6.24. The number of aryl methyl sites for hydroxylation is 2. The second-order valence-corrected chi connectivity index (χ2v) is 6.64. The average Bonchev–Trinajstić information content (AvgIpc) is 3.07. The molecule has 1 aromatic heterocycles. The Kier molecular flexibility index (Phi) is 4.34. The largest absolute Gasteiger partial charge is 0.481 e. The number of hydrogen-bond acceptors (Lipinski definition) is 3. The number of allylic oxidation sites excluding steroid dienone is 1. The van der Waals surface area contributed by atoms with E-state index in [0.29, 0.717) is 6.42 Å². The van der Waals surface area contributed by atoms with Crippen molar-refractivity contribution in [3.63, 3.8) is 0 Å². The average molecular weight is 303 g/mol. The highest BCUT2D eigenvalue weighted by Gasteiger charge is 2.40. The van der Waals surface area contributed by atoms with Crippen LogP contribution in [-0.4, -0.2) is 38.8 Å². The summed E-state index contributed by atoms with van der Waals surface area (Å²) < 4.78 is 2.12. The van der Waals surface area contributed by atoms with E-state index < -0.39 is 11.4 Å². The number of aliphatic carboxylic acids is 1. The van der Waals surface area contributed by atoms with Crippen LogP contribution in [-0.2, 0) is 24.3 Å². The van der Waals surface area contributed by atoms with Crippen LogP contribution < -0.4 is 0 Å². The van der Waals surface area contributed by atoms with Crippen molar-refractivity contribution in [2.24, 2.45) is 5.41 Å². The minimum atomic E-state index is -0.644. The first kappa shape index (κ1) is 15.3. The summed E-state index contributed by atoms with van der Waals surface area (Å²) in [5, 5.41) is 14.3. The van der Waals surface area contributed by atoms with E-state index in [2.05, 4.69) is 27.3 Å². The van der Waals surface area contributed by atoms with Gasteiger partial charge in [-0.25, -0.2) is 0 Å². The minimum Gasteiger partial charge on any atom is -0.481 e. The number of carboxylic acids is 1. The molecule has 0 atom stereocenters. The van der Waals surface area contributed by atoms with Crippen molar-refractivity contribution in [3.8, 4) is 0 Å². The maximum Gasteiger partial charge on any atom is 0.309 e. The summed E-state index contributed by atoms with van der Waals surface area (Å²) in [6, 6.07) is 2.21. The number of carbonyl (C=O) groups is 1. The molecule has 5 nitrogen and oxygen atoms in total. The van der Waals surface area contributed by atoms with Gasteiger partial charge in [0, 0.05) is 18.8 Å². The van der Waals surface area contributed by atoms with Crippen molar-refractivity contribution in [3.05, 3.63) is 30.1 Å². The highest BCUT2D eigenvalue weighted by molar-refractivity contribution is 5.74. The van der Waals surface area contributed by atoms with Gasteiger partial charge in [0.05, 0.1) is 11.1 Å². The summed E-state index contributed by atoms with van der Waals surface area (Å²) >= 11 is 0. The third-order valence-electron chi connectivity index (χ3n) is 5.20. The number of fused-ring (bicyclic) bond motifs is 1. The van der Waals surface area contributed by atoms with Crippen LogP contribution in [0.5, 0.6) is 0 Å². The Hall–Kier alpha value is -1.62. The normalized spacial score (nSPS) is 20.7. The molecule has 2 aliphatic rings. The molecule has 3 rings (SSSR count). The van der Waals surface area contributed by atoms with E-state index in [9.17, 15) is 9.90 Å². The summed E-state index contributed by atoms with van der Waals surface area (Å²) in [4.78, 5) is 14.0. The lowest BCUT2D eigenvalue weighted by atomic mass is 9.75. The van der Waals surface area contributed by atoms with Crippen LogP contribution in [0.15, 0.2) is 18.7 Å². The lowest BCUT2D eigenvalue weighted by Crippen LogP contribution is -2.44. The summed E-state index contributed by atoms with van der Waals surface area (Å²) in [7, 11) is 0. The van der Waals surface area contributed by atoms with Crippen molar-refractivity contribution < 1.29 is 9.90 Å². The van der Waals surface area contributed by atoms with Crippen molar-refractivity contribution in [1.82, 2.24) is 14.7 Å². The fourth-order valence-electron chi connectivity index (χ4n) is 3.71. The van der Waals surface area contributed by atoms with Crippen LogP contribution in [0.3, 0.4) is 0 Å². The summed E-state index contributed by atoms with van der Waals surface area (Å²) in [6.45, 7) is 7.28. The number of likely N-dealkylation sites (tertiary alicyclic amines) is 1. The standard InChI is InChI=1S/C17H25N3O2/c1-2-3-6-17(16(21)22)7-10-19(11-8-17)13-14-12-15-5-4-9-20(15)18-14/h2,12H,1,3-11,13H2,(H,21,22). The van der Waals surface area contributed by atoms with Gasteiger partial charge in [-0.3, -0.25) is 14.4 Å². The maximum atomic E-state index is 11.7. The molecular formula is C17H25N3O2. The fourth-order valence-corrected chi connectivity index (χ4v) is 3.71. The predicted octanol–water partition coefficient (Wildman–Crippen LogP) is 2.46. The molecule has 3 heterocycles. The number of nitrogens with zero attached hydrogens (tertiary/aromatic N) is 3. The topological polar surface area (TPSA) is 58.4 Å². The Morgan fingerprint density at radius 2 is 2.18 bits per heavy atom. The molecular weight excluding hydrogens is 278 g/mol. The van der Waals surface area contributed by atoms with Crippen molar-refractivity contribution in [2.45, 2.75) is 51.6 Å². The number of piperidine rings is 1. The van der Waals surface area contributed by atoms with Crippen LogP contribution in [0.2, 0.25) is 0 Å². The molecule has 2 aliphatic heterocycles. The van der Waals surface area contributed by atoms with E-state index in [-0.39, 0.29) is 0 Å². The molecule has 5 heteroatoms. The van der Waals surface area contributed by atoms with Gasteiger partial charge in [-0.1, -0.05) is 6.08 Å². The molecule has 0 aromatic carbocycles. The zero-order valence-corrected chi connectivity index (χ0v) is 13.1. The highest BCUT2D eigenvalue weighted by atomic mass is 16.4. The molecule has 1 aromatic rings. The van der Waals surface area contributed by atoms with Crippen LogP contribution in [0.1, 0.15) is 43.5 Å². The van der Waals surface area contributed by atoms with Gasteiger partial charge in [-0.05, 0) is 57.7 Å². The van der Waals surface area contributed by atoms with E-state index in [1.807, 2.05) is 6.08 Å². The lowest BCUT2D eigenvalue weighted by molar-refractivity contribution is -0.152. The Morgan fingerprint density at radius 3 is 2.82 bits per heavy atom. The maximum absolute atomic E-state index is 11.7. The molecule has 1 saturated heterocycles. The molecule has 0 bridgehead atoms. The Morgan fingerprint density at radius 1 is 1.41 bits per heavy atom. The Labute approximate surface area is 131 Å². The SMILES string of the molecule is C=CCCC1(C(=O)O)CCN(Cc2cc3n(n2)CCC3)CC1. The zero-order valence-electron chi connectivity index (χ0n) is 13.1. The molecule has 0 spiro atoms. The van der Waals surface area contributed by atoms with Crippen LogP contribution in [0, 0.1) is 5.41 Å².